The Morgan fingerprint density at radius 2 is 2.12 bits per heavy atom. The highest BCUT2D eigenvalue weighted by atomic mass is 32.1. The molecule has 1 aromatic carbocycles. The summed E-state index contributed by atoms with van der Waals surface area (Å²) in [6, 6.07) is 5.23. The number of benzene rings is 1. The molecule has 0 spiro atoms. The Labute approximate surface area is 155 Å². The van der Waals surface area contributed by atoms with E-state index in [1.54, 1.807) is 29.8 Å². The van der Waals surface area contributed by atoms with E-state index in [0.717, 1.165) is 40.1 Å². The molecule has 0 bridgehead atoms. The predicted molar refractivity (Wildman–Crippen MR) is 103 cm³/mol. The number of nitrogens with one attached hydrogen (secondary N) is 1. The maximum absolute atomic E-state index is 11.6. The minimum Gasteiger partial charge on any atom is -0.488 e. The Kier molecular flexibility index (Phi) is 4.46. The molecule has 1 fully saturated rings. The van der Waals surface area contributed by atoms with E-state index < -0.39 is 5.91 Å². The molecular formula is C19H20N4O2S. The summed E-state index contributed by atoms with van der Waals surface area (Å²) in [5.41, 5.74) is 8.71. The molecule has 2 aromatic heterocycles. The molecule has 3 N–H and O–H groups in total. The number of ether oxygens (including phenoxy) is 1. The summed E-state index contributed by atoms with van der Waals surface area (Å²) >= 11 is 1.60. The first-order valence-corrected chi connectivity index (χ1v) is 9.56. The number of carbonyl (C=O) groups is 1. The molecular weight excluding hydrogens is 348 g/mol. The molecule has 6 nitrogen and oxygen atoms in total. The summed E-state index contributed by atoms with van der Waals surface area (Å²) in [7, 11) is 0. The number of nitrogens with two attached hydrogens (primary N) is 1. The average Bonchev–Trinajstić information content (AvgIpc) is 3.27. The highest BCUT2D eigenvalue weighted by Gasteiger charge is 2.20. The van der Waals surface area contributed by atoms with Crippen molar-refractivity contribution in [1.82, 2.24) is 9.97 Å². The van der Waals surface area contributed by atoms with Crippen molar-refractivity contribution in [3.63, 3.8) is 0 Å². The lowest BCUT2D eigenvalue weighted by Crippen LogP contribution is -2.15. The minimum absolute atomic E-state index is 0.174. The molecule has 1 amide bonds. The molecule has 0 atom stereocenters. The van der Waals surface area contributed by atoms with Gasteiger partial charge in [-0.05, 0) is 61.7 Å². The van der Waals surface area contributed by atoms with Gasteiger partial charge in [0.25, 0.3) is 0 Å². The van der Waals surface area contributed by atoms with Crippen LogP contribution in [0.1, 0.15) is 41.6 Å². The lowest BCUT2D eigenvalue weighted by atomic mass is 10.1. The lowest BCUT2D eigenvalue weighted by molar-refractivity contribution is 0.0999. The number of aromatic nitrogens is 2. The summed E-state index contributed by atoms with van der Waals surface area (Å²) in [4.78, 5) is 20.3. The summed E-state index contributed by atoms with van der Waals surface area (Å²) in [5.74, 6) is 0.899. The molecule has 0 aliphatic heterocycles. The number of thiophene rings is 1. The Morgan fingerprint density at radius 3 is 2.88 bits per heavy atom. The van der Waals surface area contributed by atoms with Gasteiger partial charge < -0.3 is 15.8 Å². The first-order chi connectivity index (χ1) is 12.6. The predicted octanol–water partition coefficient (Wildman–Crippen LogP) is 4.16. The van der Waals surface area contributed by atoms with Crippen LogP contribution in [0.4, 0.5) is 11.5 Å². The molecule has 3 aromatic rings. The fourth-order valence-electron chi connectivity index (χ4n) is 3.25. The molecule has 134 valence electrons. The van der Waals surface area contributed by atoms with Crippen molar-refractivity contribution >= 4 is 39.0 Å². The van der Waals surface area contributed by atoms with Gasteiger partial charge in [0.1, 0.15) is 12.1 Å². The van der Waals surface area contributed by atoms with Gasteiger partial charge in [-0.25, -0.2) is 9.97 Å². The zero-order chi connectivity index (χ0) is 18.1. The maximum Gasteiger partial charge on any atom is 0.248 e. The van der Waals surface area contributed by atoms with E-state index in [0.29, 0.717) is 11.3 Å². The summed E-state index contributed by atoms with van der Waals surface area (Å²) in [5, 5.41) is 5.42. The van der Waals surface area contributed by atoms with Crippen LogP contribution in [0.25, 0.3) is 10.2 Å². The van der Waals surface area contributed by atoms with Gasteiger partial charge in [0.05, 0.1) is 22.0 Å². The molecule has 26 heavy (non-hydrogen) atoms. The Hall–Kier alpha value is -2.67. The number of fused-ring (bicyclic) bond motifs is 1. The molecule has 4 rings (SSSR count). The molecule has 1 saturated carbocycles. The summed E-state index contributed by atoms with van der Waals surface area (Å²) in [6.07, 6.45) is 6.13. The van der Waals surface area contributed by atoms with Gasteiger partial charge in [0.2, 0.25) is 5.91 Å². The molecule has 1 aliphatic carbocycles. The van der Waals surface area contributed by atoms with Crippen LogP contribution in [-0.4, -0.2) is 22.0 Å². The van der Waals surface area contributed by atoms with E-state index in [4.69, 9.17) is 10.5 Å². The van der Waals surface area contributed by atoms with Gasteiger partial charge in [0.15, 0.2) is 5.82 Å². The molecule has 0 saturated heterocycles. The molecule has 7 heteroatoms. The normalized spacial score (nSPS) is 14.7. The topological polar surface area (TPSA) is 90.1 Å². The number of primary amides is 1. The first kappa shape index (κ1) is 16.8. The molecule has 0 radical (unpaired) electrons. The van der Waals surface area contributed by atoms with Gasteiger partial charge in [-0.15, -0.1) is 11.3 Å². The van der Waals surface area contributed by atoms with Crippen LogP contribution >= 0.6 is 11.3 Å². The fourth-order valence-corrected chi connectivity index (χ4v) is 4.20. The number of nitrogens with zero attached hydrogens (tertiary/aromatic N) is 2. The first-order valence-electron chi connectivity index (χ1n) is 8.68. The van der Waals surface area contributed by atoms with E-state index in [1.165, 1.54) is 12.8 Å². The van der Waals surface area contributed by atoms with Crippen LogP contribution in [0, 0.1) is 6.92 Å². The zero-order valence-corrected chi connectivity index (χ0v) is 15.3. The van der Waals surface area contributed by atoms with Crippen molar-refractivity contribution in [1.29, 1.82) is 0 Å². The van der Waals surface area contributed by atoms with Crippen LogP contribution in [0.3, 0.4) is 0 Å². The number of aryl methyl sites for hydroxylation is 1. The van der Waals surface area contributed by atoms with Gasteiger partial charge in [-0.3, -0.25) is 4.79 Å². The Bertz CT molecular complexity index is 963. The number of amides is 1. The number of anilines is 2. The third-order valence-electron chi connectivity index (χ3n) is 4.65. The molecule has 2 heterocycles. The van der Waals surface area contributed by atoms with Crippen LogP contribution in [-0.2, 0) is 0 Å². The highest BCUT2D eigenvalue weighted by molar-refractivity contribution is 7.18. The summed E-state index contributed by atoms with van der Waals surface area (Å²) in [6.45, 7) is 2.03. The quantitative estimate of drug-likeness (QED) is 0.705. The lowest BCUT2D eigenvalue weighted by Gasteiger charge is -2.18. The molecule has 1 aliphatic rings. The highest BCUT2D eigenvalue weighted by Crippen LogP contribution is 2.35. The van der Waals surface area contributed by atoms with E-state index in [1.807, 2.05) is 13.0 Å². The van der Waals surface area contributed by atoms with Gasteiger partial charge in [-0.2, -0.15) is 0 Å². The van der Waals surface area contributed by atoms with Gasteiger partial charge in [-0.1, -0.05) is 0 Å². The van der Waals surface area contributed by atoms with Crippen molar-refractivity contribution in [2.75, 3.05) is 5.32 Å². The third-order valence-corrected chi connectivity index (χ3v) is 5.74. The monoisotopic (exact) mass is 368 g/mol. The smallest absolute Gasteiger partial charge is 0.248 e. The number of hydrogen-bond donors (Lipinski definition) is 2. The second-order valence-electron chi connectivity index (χ2n) is 6.54. The van der Waals surface area contributed by atoms with E-state index in [-0.39, 0.29) is 6.10 Å². The van der Waals surface area contributed by atoms with Crippen molar-refractivity contribution in [3.05, 3.63) is 41.0 Å². The van der Waals surface area contributed by atoms with Gasteiger partial charge >= 0.3 is 0 Å². The standard InChI is InChI=1S/C19H20N4O2S/c1-11-9-26-17-16(11)21-10-22-19(17)23-14-7-6-12(18(20)24)8-15(14)25-13-4-2-3-5-13/h6-10,13H,2-5H2,1H3,(H2,20,24)(H,21,22,23). The van der Waals surface area contributed by atoms with E-state index in [2.05, 4.69) is 20.7 Å². The van der Waals surface area contributed by atoms with Crippen LogP contribution < -0.4 is 15.8 Å². The van der Waals surface area contributed by atoms with Crippen LogP contribution in [0.5, 0.6) is 5.75 Å². The minimum atomic E-state index is -0.467. The third kappa shape index (κ3) is 3.22. The Balaban J connectivity index is 1.71. The van der Waals surface area contributed by atoms with Crippen LogP contribution in [0.15, 0.2) is 29.9 Å². The van der Waals surface area contributed by atoms with Crippen LogP contribution in [0.2, 0.25) is 0 Å². The van der Waals surface area contributed by atoms with E-state index in [9.17, 15) is 4.79 Å². The second-order valence-corrected chi connectivity index (χ2v) is 7.42. The van der Waals surface area contributed by atoms with Crippen molar-refractivity contribution < 1.29 is 9.53 Å². The maximum atomic E-state index is 11.6. The van der Waals surface area contributed by atoms with Crippen molar-refractivity contribution in [3.8, 4) is 5.75 Å². The van der Waals surface area contributed by atoms with Gasteiger partial charge in [0, 0.05) is 5.56 Å². The SMILES string of the molecule is Cc1csc2c(Nc3ccc(C(N)=O)cc3OC3CCCC3)ncnc12. The van der Waals surface area contributed by atoms with Crippen molar-refractivity contribution in [2.45, 2.75) is 38.7 Å². The number of rotatable bonds is 5. The largest absolute Gasteiger partial charge is 0.488 e. The average molecular weight is 368 g/mol. The van der Waals surface area contributed by atoms with Crippen molar-refractivity contribution in [2.24, 2.45) is 5.73 Å². The number of hydrogen-bond acceptors (Lipinski definition) is 6. The molecule has 0 unspecified atom stereocenters. The summed E-state index contributed by atoms with van der Waals surface area (Å²) < 4.78 is 7.17. The zero-order valence-electron chi connectivity index (χ0n) is 14.5. The number of carbonyl (C=O) groups excluding carboxylic acids is 1. The Morgan fingerprint density at radius 1 is 1.31 bits per heavy atom. The van der Waals surface area contributed by atoms with E-state index >= 15 is 0 Å². The second kappa shape index (κ2) is 6.92. The fraction of sp³-hybridized carbons (Fsp3) is 0.316.